The Kier molecular flexibility index (Phi) is 4.34. The molecule has 1 N–H and O–H groups in total. The van der Waals surface area contributed by atoms with E-state index in [9.17, 15) is 4.79 Å². The highest BCUT2D eigenvalue weighted by atomic mass is 35.5. The lowest BCUT2D eigenvalue weighted by atomic mass is 9.97. The first-order chi connectivity index (χ1) is 10.2. The number of carbonyl (C=O) groups is 1. The monoisotopic (exact) mass is 307 g/mol. The molecule has 0 fully saturated rings. The molecule has 1 aromatic carbocycles. The molecule has 0 bridgehead atoms. The Morgan fingerprint density at radius 1 is 1.29 bits per heavy atom. The summed E-state index contributed by atoms with van der Waals surface area (Å²) in [5.41, 5.74) is 1.95. The van der Waals surface area contributed by atoms with E-state index in [-0.39, 0.29) is 12.7 Å². The van der Waals surface area contributed by atoms with Gasteiger partial charge in [0.05, 0.1) is 5.02 Å². The van der Waals surface area contributed by atoms with Crippen LogP contribution in [0.25, 0.3) is 0 Å². The molecule has 0 atom stereocenters. The van der Waals surface area contributed by atoms with Crippen LogP contribution in [0.5, 0.6) is 11.5 Å². The van der Waals surface area contributed by atoms with Gasteiger partial charge < -0.3 is 14.8 Å². The van der Waals surface area contributed by atoms with E-state index in [1.54, 1.807) is 12.1 Å². The van der Waals surface area contributed by atoms with Crippen LogP contribution in [0.3, 0.4) is 0 Å². The van der Waals surface area contributed by atoms with Crippen LogP contribution >= 0.6 is 11.6 Å². The Balaban J connectivity index is 1.58. The fourth-order valence-electron chi connectivity index (χ4n) is 2.67. The minimum Gasteiger partial charge on any atom is -0.454 e. The van der Waals surface area contributed by atoms with Gasteiger partial charge in [-0.1, -0.05) is 23.3 Å². The van der Waals surface area contributed by atoms with Crippen molar-refractivity contribution >= 4 is 17.5 Å². The molecular formula is C16H18ClNO3. The number of halogens is 1. The molecule has 0 saturated carbocycles. The van der Waals surface area contributed by atoms with E-state index in [0.29, 0.717) is 28.6 Å². The minimum atomic E-state index is -0.133. The summed E-state index contributed by atoms with van der Waals surface area (Å²) in [7, 11) is 0. The molecule has 0 unspecified atom stereocenters. The standard InChI is InChI=1S/C16H18ClNO3/c17-13-8-12(9-14-15(13)21-10-20-14)16(19)18-7-6-11-4-2-1-3-5-11/h4,8-9H,1-3,5-7,10H2,(H,18,19). The Bertz CT molecular complexity index is 583. The first-order valence-electron chi connectivity index (χ1n) is 7.29. The summed E-state index contributed by atoms with van der Waals surface area (Å²) in [4.78, 5) is 12.2. The van der Waals surface area contributed by atoms with Gasteiger partial charge in [0.1, 0.15) is 0 Å². The third kappa shape index (κ3) is 3.32. The maximum atomic E-state index is 12.2. The van der Waals surface area contributed by atoms with Gasteiger partial charge in [-0.2, -0.15) is 0 Å². The molecular weight excluding hydrogens is 290 g/mol. The van der Waals surface area contributed by atoms with Crippen molar-refractivity contribution in [1.29, 1.82) is 0 Å². The summed E-state index contributed by atoms with van der Waals surface area (Å²) in [6.45, 7) is 0.797. The van der Waals surface area contributed by atoms with Crippen LogP contribution in [0.2, 0.25) is 5.02 Å². The molecule has 4 nitrogen and oxygen atoms in total. The fourth-order valence-corrected chi connectivity index (χ4v) is 2.93. The van der Waals surface area contributed by atoms with Crippen LogP contribution in [-0.2, 0) is 0 Å². The molecule has 0 saturated heterocycles. The lowest BCUT2D eigenvalue weighted by Crippen LogP contribution is -2.24. The molecule has 0 radical (unpaired) electrons. The number of amides is 1. The Morgan fingerprint density at radius 2 is 2.19 bits per heavy atom. The lowest BCUT2D eigenvalue weighted by molar-refractivity contribution is 0.0953. The van der Waals surface area contributed by atoms with Crippen molar-refractivity contribution in [3.05, 3.63) is 34.4 Å². The van der Waals surface area contributed by atoms with E-state index in [1.165, 1.54) is 24.8 Å². The van der Waals surface area contributed by atoms with Crippen molar-refractivity contribution < 1.29 is 14.3 Å². The van der Waals surface area contributed by atoms with Crippen LogP contribution in [0, 0.1) is 0 Å². The number of rotatable bonds is 4. The molecule has 1 aliphatic heterocycles. The van der Waals surface area contributed by atoms with Crippen molar-refractivity contribution in [1.82, 2.24) is 5.32 Å². The van der Waals surface area contributed by atoms with E-state index >= 15 is 0 Å². The van der Waals surface area contributed by atoms with Crippen LogP contribution in [0.15, 0.2) is 23.8 Å². The summed E-state index contributed by atoms with van der Waals surface area (Å²) in [6, 6.07) is 3.29. The molecule has 1 aliphatic carbocycles. The molecule has 3 rings (SSSR count). The highest BCUT2D eigenvalue weighted by Gasteiger charge is 2.20. The van der Waals surface area contributed by atoms with Gasteiger partial charge >= 0.3 is 0 Å². The van der Waals surface area contributed by atoms with Gasteiger partial charge in [-0.05, 0) is 44.2 Å². The number of allylic oxidation sites excluding steroid dienone is 1. The zero-order chi connectivity index (χ0) is 14.7. The van der Waals surface area contributed by atoms with Gasteiger partial charge in [0.15, 0.2) is 11.5 Å². The average Bonchev–Trinajstić information content (AvgIpc) is 2.97. The zero-order valence-electron chi connectivity index (χ0n) is 11.8. The fraction of sp³-hybridized carbons (Fsp3) is 0.438. The SMILES string of the molecule is O=C(NCCC1=CCCCC1)c1cc(Cl)c2c(c1)OCO2. The number of fused-ring (bicyclic) bond motifs is 1. The van der Waals surface area contributed by atoms with Crippen molar-refractivity contribution in [2.24, 2.45) is 0 Å². The molecule has 1 heterocycles. The topological polar surface area (TPSA) is 47.6 Å². The van der Waals surface area contributed by atoms with Crippen molar-refractivity contribution in [2.75, 3.05) is 13.3 Å². The largest absolute Gasteiger partial charge is 0.454 e. The molecule has 0 spiro atoms. The number of ether oxygens (including phenoxy) is 2. The van der Waals surface area contributed by atoms with Gasteiger partial charge in [-0.3, -0.25) is 4.79 Å². The van der Waals surface area contributed by atoms with E-state index < -0.39 is 0 Å². The first kappa shape index (κ1) is 14.3. The molecule has 1 amide bonds. The van der Waals surface area contributed by atoms with Gasteiger partial charge in [0.25, 0.3) is 5.91 Å². The highest BCUT2D eigenvalue weighted by molar-refractivity contribution is 6.32. The van der Waals surface area contributed by atoms with E-state index in [2.05, 4.69) is 11.4 Å². The van der Waals surface area contributed by atoms with E-state index in [1.807, 2.05) is 0 Å². The molecule has 0 aromatic heterocycles. The Morgan fingerprint density at radius 3 is 3.00 bits per heavy atom. The smallest absolute Gasteiger partial charge is 0.251 e. The number of nitrogens with one attached hydrogen (secondary N) is 1. The van der Waals surface area contributed by atoms with E-state index in [4.69, 9.17) is 21.1 Å². The second kappa shape index (κ2) is 6.39. The van der Waals surface area contributed by atoms with Gasteiger partial charge in [-0.15, -0.1) is 0 Å². The van der Waals surface area contributed by atoms with Crippen LogP contribution in [0.4, 0.5) is 0 Å². The average molecular weight is 308 g/mol. The van der Waals surface area contributed by atoms with Crippen molar-refractivity contribution in [3.63, 3.8) is 0 Å². The van der Waals surface area contributed by atoms with Gasteiger partial charge in [0.2, 0.25) is 6.79 Å². The third-order valence-corrected chi connectivity index (χ3v) is 4.09. The van der Waals surface area contributed by atoms with Crippen LogP contribution in [-0.4, -0.2) is 19.2 Å². The molecule has 112 valence electrons. The van der Waals surface area contributed by atoms with Crippen molar-refractivity contribution in [2.45, 2.75) is 32.1 Å². The highest BCUT2D eigenvalue weighted by Crippen LogP contribution is 2.39. The van der Waals surface area contributed by atoms with E-state index in [0.717, 1.165) is 12.8 Å². The molecule has 2 aliphatic rings. The Hall–Kier alpha value is -1.68. The quantitative estimate of drug-likeness (QED) is 0.863. The van der Waals surface area contributed by atoms with Crippen LogP contribution < -0.4 is 14.8 Å². The van der Waals surface area contributed by atoms with Crippen LogP contribution in [0.1, 0.15) is 42.5 Å². The second-order valence-corrected chi connectivity index (χ2v) is 5.71. The van der Waals surface area contributed by atoms with Crippen molar-refractivity contribution in [3.8, 4) is 11.5 Å². The van der Waals surface area contributed by atoms with Gasteiger partial charge in [-0.25, -0.2) is 0 Å². The summed E-state index contributed by atoms with van der Waals surface area (Å²) >= 11 is 6.08. The maximum Gasteiger partial charge on any atom is 0.251 e. The molecule has 21 heavy (non-hydrogen) atoms. The second-order valence-electron chi connectivity index (χ2n) is 5.31. The number of hydrogen-bond acceptors (Lipinski definition) is 3. The summed E-state index contributed by atoms with van der Waals surface area (Å²) < 4.78 is 10.5. The normalized spacial score (nSPS) is 16.5. The molecule has 1 aromatic rings. The predicted molar refractivity (Wildman–Crippen MR) is 81.1 cm³/mol. The summed E-state index contributed by atoms with van der Waals surface area (Å²) in [6.07, 6.45) is 8.09. The van der Waals surface area contributed by atoms with Gasteiger partial charge in [0, 0.05) is 12.1 Å². The summed E-state index contributed by atoms with van der Waals surface area (Å²) in [5.74, 6) is 0.912. The minimum absolute atomic E-state index is 0.133. The summed E-state index contributed by atoms with van der Waals surface area (Å²) in [5, 5.41) is 3.34. The number of carbonyl (C=O) groups excluding carboxylic acids is 1. The number of hydrogen-bond donors (Lipinski definition) is 1. The zero-order valence-corrected chi connectivity index (χ0v) is 12.5. The lowest BCUT2D eigenvalue weighted by Gasteiger charge is -2.13. The third-order valence-electron chi connectivity index (χ3n) is 3.81. The number of benzene rings is 1. The first-order valence-corrected chi connectivity index (χ1v) is 7.67. The predicted octanol–water partition coefficient (Wildman–Crippen LogP) is 3.69. The Labute approximate surface area is 129 Å². The molecule has 5 heteroatoms. The maximum absolute atomic E-state index is 12.2.